The average molecular weight is 437 g/mol. The molecule has 0 N–H and O–H groups in total. The van der Waals surface area contributed by atoms with Crippen LogP contribution in [0.25, 0.3) is 6.08 Å². The van der Waals surface area contributed by atoms with Crippen molar-refractivity contribution >= 4 is 12.0 Å². The maximum absolute atomic E-state index is 12.3. The molecule has 0 aromatic heterocycles. The normalized spacial score (nSPS) is 26.7. The van der Waals surface area contributed by atoms with Gasteiger partial charge in [-0.25, -0.2) is 4.79 Å². The van der Waals surface area contributed by atoms with Crippen molar-refractivity contribution in [1.29, 1.82) is 0 Å². The molecule has 0 radical (unpaired) electrons. The van der Waals surface area contributed by atoms with Gasteiger partial charge < -0.3 is 4.74 Å². The van der Waals surface area contributed by atoms with Crippen LogP contribution in [0.5, 0.6) is 0 Å². The molecular formula is C30H44O2. The Balaban J connectivity index is 1.50. The van der Waals surface area contributed by atoms with Gasteiger partial charge in [0, 0.05) is 0 Å². The number of benzene rings is 1. The highest BCUT2D eigenvalue weighted by molar-refractivity contribution is 5.89. The van der Waals surface area contributed by atoms with Crippen LogP contribution in [-0.4, -0.2) is 12.6 Å². The molecule has 2 aliphatic rings. The van der Waals surface area contributed by atoms with E-state index in [9.17, 15) is 4.79 Å². The Hall–Kier alpha value is -1.83. The molecule has 176 valence electrons. The molecular weight excluding hydrogens is 392 g/mol. The van der Waals surface area contributed by atoms with E-state index in [2.05, 4.69) is 52.8 Å². The zero-order valence-electron chi connectivity index (χ0n) is 21.1. The Morgan fingerprint density at radius 1 is 1.00 bits per heavy atom. The second kappa shape index (κ2) is 10.4. The molecule has 2 atom stereocenters. The van der Waals surface area contributed by atoms with Gasteiger partial charge in [-0.05, 0) is 66.5 Å². The highest BCUT2D eigenvalue weighted by atomic mass is 16.5. The number of carbonyl (C=O) groups is 1. The summed E-state index contributed by atoms with van der Waals surface area (Å²) in [6.07, 6.45) is 19.6. The molecule has 0 saturated heterocycles. The van der Waals surface area contributed by atoms with Crippen LogP contribution in [-0.2, 0) is 4.74 Å². The minimum atomic E-state index is -0.211. The Labute approximate surface area is 196 Å². The zero-order valence-corrected chi connectivity index (χ0v) is 21.1. The summed E-state index contributed by atoms with van der Waals surface area (Å²) in [6.45, 7) is 12.3. The van der Waals surface area contributed by atoms with Gasteiger partial charge in [0.15, 0.2) is 0 Å². The van der Waals surface area contributed by atoms with Gasteiger partial charge >= 0.3 is 5.97 Å². The average Bonchev–Trinajstić information content (AvgIpc) is 3.39. The molecule has 2 fully saturated rings. The predicted molar refractivity (Wildman–Crippen MR) is 136 cm³/mol. The minimum Gasteiger partial charge on any atom is -0.462 e. The molecule has 0 spiro atoms. The lowest BCUT2D eigenvalue weighted by Crippen LogP contribution is -2.32. The fourth-order valence-corrected chi connectivity index (χ4v) is 6.00. The Bertz CT molecular complexity index is 829. The molecule has 3 rings (SSSR count). The quantitative estimate of drug-likeness (QED) is 0.197. The maximum atomic E-state index is 12.3. The number of esters is 1. The molecule has 2 nitrogen and oxygen atoms in total. The second-order valence-electron chi connectivity index (χ2n) is 11.2. The van der Waals surface area contributed by atoms with Crippen LogP contribution in [0, 0.1) is 16.2 Å². The Morgan fingerprint density at radius 3 is 2.38 bits per heavy atom. The summed E-state index contributed by atoms with van der Waals surface area (Å²) in [5.74, 6) is -0.211. The van der Waals surface area contributed by atoms with Crippen LogP contribution >= 0.6 is 0 Å². The molecule has 0 bridgehead atoms. The van der Waals surface area contributed by atoms with Gasteiger partial charge in [-0.1, -0.05) is 102 Å². The summed E-state index contributed by atoms with van der Waals surface area (Å²) in [5.41, 5.74) is 4.25. The zero-order chi connectivity index (χ0) is 23.2. The van der Waals surface area contributed by atoms with E-state index in [1.54, 1.807) is 0 Å². The molecule has 2 unspecified atom stereocenters. The topological polar surface area (TPSA) is 26.3 Å². The Morgan fingerprint density at radius 2 is 1.69 bits per heavy atom. The first-order chi connectivity index (χ1) is 15.2. The predicted octanol–water partition coefficient (Wildman–Crippen LogP) is 8.77. The van der Waals surface area contributed by atoms with E-state index in [1.807, 2.05) is 24.3 Å². The van der Waals surface area contributed by atoms with Gasteiger partial charge in [0.2, 0.25) is 0 Å². The van der Waals surface area contributed by atoms with Gasteiger partial charge in [-0.3, -0.25) is 0 Å². The standard InChI is InChI=1S/C30H44O2/c1-6-7-8-9-10-11-21-32-27(31)26-15-13-25(14-16-26)22-24(2)17-20-30-23-29(30,5)19-12-18-28(30,3)4/h13-17,20,22H,6-12,18-19,21,23H2,1-5H3. The summed E-state index contributed by atoms with van der Waals surface area (Å²) in [6, 6.07) is 7.80. The summed E-state index contributed by atoms with van der Waals surface area (Å²) >= 11 is 0. The molecule has 2 heteroatoms. The summed E-state index contributed by atoms with van der Waals surface area (Å²) in [5, 5.41) is 0. The smallest absolute Gasteiger partial charge is 0.338 e. The van der Waals surface area contributed by atoms with Crippen LogP contribution < -0.4 is 0 Å². The highest BCUT2D eigenvalue weighted by Crippen LogP contribution is 2.78. The van der Waals surface area contributed by atoms with Crippen LogP contribution in [0.4, 0.5) is 0 Å². The summed E-state index contributed by atoms with van der Waals surface area (Å²) in [4.78, 5) is 12.3. The first kappa shape index (κ1) is 24.8. The fourth-order valence-electron chi connectivity index (χ4n) is 6.00. The Kier molecular flexibility index (Phi) is 8.06. The molecule has 0 heterocycles. The number of allylic oxidation sites excluding steroid dienone is 3. The lowest BCUT2D eigenvalue weighted by Gasteiger charge is -2.41. The third-order valence-electron chi connectivity index (χ3n) is 8.26. The SMILES string of the molecule is CCCCCCCCOC(=O)c1ccc(C=C(C)C=CC23CC2(C)CCCC3(C)C)cc1. The highest BCUT2D eigenvalue weighted by Gasteiger charge is 2.69. The van der Waals surface area contributed by atoms with Gasteiger partial charge in [0.05, 0.1) is 12.2 Å². The largest absolute Gasteiger partial charge is 0.462 e. The first-order valence-corrected chi connectivity index (χ1v) is 12.9. The summed E-state index contributed by atoms with van der Waals surface area (Å²) in [7, 11) is 0. The molecule has 2 saturated carbocycles. The number of unbranched alkanes of at least 4 members (excludes halogenated alkanes) is 5. The van der Waals surface area contributed by atoms with Gasteiger partial charge in [0.1, 0.15) is 0 Å². The van der Waals surface area contributed by atoms with E-state index in [4.69, 9.17) is 4.74 Å². The van der Waals surface area contributed by atoms with Crippen molar-refractivity contribution in [3.8, 4) is 0 Å². The molecule has 1 aromatic rings. The van der Waals surface area contributed by atoms with Crippen LogP contribution in [0.15, 0.2) is 42.0 Å². The van der Waals surface area contributed by atoms with Crippen LogP contribution in [0.1, 0.15) is 115 Å². The third kappa shape index (κ3) is 5.56. The first-order valence-electron chi connectivity index (χ1n) is 12.9. The maximum Gasteiger partial charge on any atom is 0.338 e. The van der Waals surface area contributed by atoms with Gasteiger partial charge in [-0.2, -0.15) is 0 Å². The molecule has 2 aliphatic carbocycles. The molecule has 0 aliphatic heterocycles. The molecule has 1 aromatic carbocycles. The van der Waals surface area contributed by atoms with Gasteiger partial charge in [0.25, 0.3) is 0 Å². The van der Waals surface area contributed by atoms with E-state index >= 15 is 0 Å². The van der Waals surface area contributed by atoms with E-state index in [1.165, 1.54) is 56.9 Å². The van der Waals surface area contributed by atoms with Crippen molar-refractivity contribution in [1.82, 2.24) is 0 Å². The lowest BCUT2D eigenvalue weighted by atomic mass is 9.63. The van der Waals surface area contributed by atoms with Crippen LogP contribution in [0.3, 0.4) is 0 Å². The number of fused-ring (bicyclic) bond motifs is 1. The van der Waals surface area contributed by atoms with E-state index in [0.29, 0.717) is 28.4 Å². The summed E-state index contributed by atoms with van der Waals surface area (Å²) < 4.78 is 5.44. The number of rotatable bonds is 11. The number of carbonyl (C=O) groups excluding carboxylic acids is 1. The van der Waals surface area contributed by atoms with Crippen molar-refractivity contribution in [3.05, 3.63) is 53.1 Å². The fraction of sp³-hybridized carbons (Fsp3) is 0.633. The van der Waals surface area contributed by atoms with Gasteiger partial charge in [-0.15, -0.1) is 0 Å². The van der Waals surface area contributed by atoms with E-state index in [0.717, 1.165) is 18.4 Å². The van der Waals surface area contributed by atoms with Crippen molar-refractivity contribution in [2.45, 2.75) is 98.8 Å². The van der Waals surface area contributed by atoms with Crippen molar-refractivity contribution in [3.63, 3.8) is 0 Å². The number of ether oxygens (including phenoxy) is 1. The third-order valence-corrected chi connectivity index (χ3v) is 8.26. The van der Waals surface area contributed by atoms with Crippen molar-refractivity contribution < 1.29 is 9.53 Å². The minimum absolute atomic E-state index is 0.211. The number of hydrogen-bond donors (Lipinski definition) is 0. The van der Waals surface area contributed by atoms with Crippen LogP contribution in [0.2, 0.25) is 0 Å². The monoisotopic (exact) mass is 436 g/mol. The number of hydrogen-bond acceptors (Lipinski definition) is 2. The second-order valence-corrected chi connectivity index (χ2v) is 11.2. The van der Waals surface area contributed by atoms with Crippen molar-refractivity contribution in [2.24, 2.45) is 16.2 Å². The molecule has 32 heavy (non-hydrogen) atoms. The lowest BCUT2D eigenvalue weighted by molar-refractivity contribution is 0.0497. The van der Waals surface area contributed by atoms with Crippen molar-refractivity contribution in [2.75, 3.05) is 6.61 Å². The van der Waals surface area contributed by atoms with E-state index in [-0.39, 0.29) is 5.97 Å². The molecule has 0 amide bonds. The van der Waals surface area contributed by atoms with E-state index < -0.39 is 0 Å².